The maximum atomic E-state index is 11.0. The van der Waals surface area contributed by atoms with Gasteiger partial charge in [0, 0.05) is 28.3 Å². The minimum atomic E-state index is -4.23. The van der Waals surface area contributed by atoms with Gasteiger partial charge in [-0.05, 0) is 18.2 Å². The third kappa shape index (κ3) is 3.36. The first kappa shape index (κ1) is 15.3. The summed E-state index contributed by atoms with van der Waals surface area (Å²) in [6.07, 6.45) is 4.02. The van der Waals surface area contributed by atoms with Crippen LogP contribution in [0.1, 0.15) is 20.3 Å². The summed E-state index contributed by atoms with van der Waals surface area (Å²) in [5, 5.41) is 1.21. The van der Waals surface area contributed by atoms with Gasteiger partial charge in [0.05, 0.1) is 4.90 Å². The maximum absolute atomic E-state index is 11.0. The zero-order valence-corrected chi connectivity index (χ0v) is 11.7. The standard InChI is InChI=1S/C11H12N2O3S.C2H6/c12-10-2-1-3-11(13)9-6-7(17(14,15)16)4-5-8(9)10;1-2/h1-2,4-6H,3,12-13H2,(H,14,15,16);1-2H3. The molecule has 5 nitrogen and oxygen atoms in total. The molecule has 0 aromatic heterocycles. The fourth-order valence-corrected chi connectivity index (χ4v) is 2.22. The molecule has 1 aromatic carbocycles. The van der Waals surface area contributed by atoms with Crippen LogP contribution in [-0.2, 0) is 10.1 Å². The van der Waals surface area contributed by atoms with Crippen LogP contribution in [0.3, 0.4) is 0 Å². The monoisotopic (exact) mass is 282 g/mol. The van der Waals surface area contributed by atoms with Gasteiger partial charge in [0.2, 0.25) is 0 Å². The van der Waals surface area contributed by atoms with Crippen LogP contribution in [0.5, 0.6) is 0 Å². The van der Waals surface area contributed by atoms with Crippen LogP contribution in [0, 0.1) is 0 Å². The van der Waals surface area contributed by atoms with E-state index in [4.69, 9.17) is 16.0 Å². The summed E-state index contributed by atoms with van der Waals surface area (Å²) in [4.78, 5) is -0.186. The van der Waals surface area contributed by atoms with Gasteiger partial charge in [-0.2, -0.15) is 8.42 Å². The molecule has 0 amide bonds. The molecule has 0 bridgehead atoms. The Morgan fingerprint density at radius 3 is 2.37 bits per heavy atom. The highest BCUT2D eigenvalue weighted by molar-refractivity contribution is 7.85. The normalized spacial score (nSPS) is 14.3. The first-order valence-corrected chi connectivity index (χ1v) is 7.36. The first-order chi connectivity index (χ1) is 8.89. The van der Waals surface area contributed by atoms with Crippen LogP contribution in [0.2, 0.25) is 0 Å². The van der Waals surface area contributed by atoms with E-state index in [0.717, 1.165) is 0 Å². The Kier molecular flexibility index (Phi) is 4.74. The quantitative estimate of drug-likeness (QED) is 0.631. The molecule has 2 rings (SSSR count). The lowest BCUT2D eigenvalue weighted by molar-refractivity contribution is 0.483. The van der Waals surface area contributed by atoms with E-state index in [0.29, 0.717) is 28.3 Å². The van der Waals surface area contributed by atoms with Crippen LogP contribution in [0.25, 0.3) is 11.4 Å². The fourth-order valence-electron chi connectivity index (χ4n) is 1.71. The number of rotatable bonds is 1. The van der Waals surface area contributed by atoms with Gasteiger partial charge in [-0.3, -0.25) is 4.55 Å². The molecule has 5 N–H and O–H groups in total. The molecular weight excluding hydrogens is 264 g/mol. The van der Waals surface area contributed by atoms with E-state index in [-0.39, 0.29) is 4.90 Å². The molecule has 1 aliphatic carbocycles. The predicted octanol–water partition coefficient (Wildman–Crippen LogP) is 0.0532. The molecule has 0 atom stereocenters. The predicted molar refractivity (Wildman–Crippen MR) is 75.8 cm³/mol. The molecule has 0 saturated heterocycles. The van der Waals surface area contributed by atoms with Crippen LogP contribution < -0.4 is 21.9 Å². The molecule has 6 heteroatoms. The Morgan fingerprint density at radius 1 is 1.16 bits per heavy atom. The van der Waals surface area contributed by atoms with E-state index in [1.165, 1.54) is 18.2 Å². The lowest BCUT2D eigenvalue weighted by Crippen LogP contribution is -2.33. The minimum absolute atomic E-state index is 0.186. The third-order valence-electron chi connectivity index (χ3n) is 2.58. The summed E-state index contributed by atoms with van der Waals surface area (Å²) in [6.45, 7) is 4.00. The van der Waals surface area contributed by atoms with Gasteiger partial charge in [-0.1, -0.05) is 26.0 Å². The van der Waals surface area contributed by atoms with Crippen molar-refractivity contribution < 1.29 is 13.0 Å². The highest BCUT2D eigenvalue weighted by Gasteiger charge is 2.10. The van der Waals surface area contributed by atoms with Crippen molar-refractivity contribution in [3.8, 4) is 0 Å². The average Bonchev–Trinajstić information content (AvgIpc) is 2.51. The van der Waals surface area contributed by atoms with Crippen molar-refractivity contribution in [1.29, 1.82) is 0 Å². The zero-order chi connectivity index (χ0) is 14.6. The second kappa shape index (κ2) is 5.90. The van der Waals surface area contributed by atoms with Crippen LogP contribution >= 0.6 is 0 Å². The first-order valence-electron chi connectivity index (χ1n) is 5.92. The van der Waals surface area contributed by atoms with Crippen LogP contribution in [-0.4, -0.2) is 13.0 Å². The maximum Gasteiger partial charge on any atom is 0.294 e. The van der Waals surface area contributed by atoms with Crippen molar-refractivity contribution in [3.05, 3.63) is 40.8 Å². The Bertz CT molecular complexity index is 719. The fraction of sp³-hybridized carbons (Fsp3) is 0.231. The number of hydrogen-bond acceptors (Lipinski definition) is 4. The molecular formula is C13H18N2O3S. The molecule has 0 unspecified atom stereocenters. The lowest BCUT2D eigenvalue weighted by atomic mass is 10.2. The molecule has 104 valence electrons. The second-order valence-electron chi connectivity index (χ2n) is 3.77. The Morgan fingerprint density at radius 2 is 1.79 bits per heavy atom. The van der Waals surface area contributed by atoms with E-state index >= 15 is 0 Å². The van der Waals surface area contributed by atoms with Gasteiger partial charge in [-0.15, -0.1) is 0 Å². The van der Waals surface area contributed by atoms with Gasteiger partial charge in [0.15, 0.2) is 0 Å². The Hall–Kier alpha value is -1.79. The summed E-state index contributed by atoms with van der Waals surface area (Å²) in [5.74, 6) is 0. The molecule has 0 spiro atoms. The summed E-state index contributed by atoms with van der Waals surface area (Å²) in [7, 11) is -4.23. The molecule has 1 aliphatic rings. The molecule has 0 fully saturated rings. The lowest BCUT2D eigenvalue weighted by Gasteiger charge is -2.01. The highest BCUT2D eigenvalue weighted by Crippen LogP contribution is 2.05. The van der Waals surface area contributed by atoms with E-state index in [9.17, 15) is 8.42 Å². The van der Waals surface area contributed by atoms with Gasteiger partial charge in [0.1, 0.15) is 0 Å². The summed E-state index contributed by atoms with van der Waals surface area (Å²) < 4.78 is 31.1. The van der Waals surface area contributed by atoms with Gasteiger partial charge < -0.3 is 11.5 Å². The third-order valence-corrected chi connectivity index (χ3v) is 3.43. The largest absolute Gasteiger partial charge is 0.401 e. The smallest absolute Gasteiger partial charge is 0.294 e. The highest BCUT2D eigenvalue weighted by atomic mass is 32.2. The molecule has 1 aromatic rings. The Balaban J connectivity index is 0.000000861. The SMILES string of the molecule is CC.NC1=c2ccc(S(=O)(=O)O)cc2=C(N)CC=C1. The average molecular weight is 282 g/mol. The van der Waals surface area contributed by atoms with E-state index < -0.39 is 10.1 Å². The van der Waals surface area contributed by atoms with Crippen molar-refractivity contribution in [2.75, 3.05) is 0 Å². The van der Waals surface area contributed by atoms with Crippen molar-refractivity contribution in [2.45, 2.75) is 25.2 Å². The van der Waals surface area contributed by atoms with E-state index in [1.807, 2.05) is 13.8 Å². The number of nitrogens with two attached hydrogens (primary N) is 2. The van der Waals surface area contributed by atoms with Gasteiger partial charge in [-0.25, -0.2) is 0 Å². The zero-order valence-electron chi connectivity index (χ0n) is 10.9. The van der Waals surface area contributed by atoms with Crippen molar-refractivity contribution in [2.24, 2.45) is 11.5 Å². The summed E-state index contributed by atoms with van der Waals surface area (Å²) in [6, 6.07) is 4.17. The number of hydrogen-bond donors (Lipinski definition) is 3. The van der Waals surface area contributed by atoms with Gasteiger partial charge >= 0.3 is 0 Å². The van der Waals surface area contributed by atoms with Gasteiger partial charge in [0.25, 0.3) is 10.1 Å². The second-order valence-corrected chi connectivity index (χ2v) is 5.19. The van der Waals surface area contributed by atoms with Crippen molar-refractivity contribution in [1.82, 2.24) is 0 Å². The van der Waals surface area contributed by atoms with Crippen molar-refractivity contribution in [3.63, 3.8) is 0 Å². The molecule has 0 heterocycles. The van der Waals surface area contributed by atoms with E-state index in [2.05, 4.69) is 0 Å². The van der Waals surface area contributed by atoms with Crippen LogP contribution in [0.15, 0.2) is 35.2 Å². The number of fused-ring (bicyclic) bond motifs is 1. The molecule has 0 saturated carbocycles. The Labute approximate surface area is 112 Å². The van der Waals surface area contributed by atoms with Crippen LogP contribution in [0.4, 0.5) is 0 Å². The number of benzene rings is 1. The summed E-state index contributed by atoms with van der Waals surface area (Å²) in [5.41, 5.74) is 12.7. The molecule has 0 aliphatic heterocycles. The molecule has 19 heavy (non-hydrogen) atoms. The van der Waals surface area contributed by atoms with Crippen molar-refractivity contribution >= 4 is 21.5 Å². The topological polar surface area (TPSA) is 106 Å². The van der Waals surface area contributed by atoms with E-state index in [1.54, 1.807) is 12.2 Å². The minimum Gasteiger partial charge on any atom is -0.401 e. The molecule has 0 radical (unpaired) electrons. The summed E-state index contributed by atoms with van der Waals surface area (Å²) >= 11 is 0.